The molecule has 1 aliphatic carbocycles. The van der Waals surface area contributed by atoms with Crippen LogP contribution in [0.2, 0.25) is 0 Å². The topological polar surface area (TPSA) is 12.4 Å². The fourth-order valence-corrected chi connectivity index (χ4v) is 4.00. The molecule has 0 aromatic heterocycles. The van der Waals surface area contributed by atoms with Crippen molar-refractivity contribution in [3.63, 3.8) is 0 Å². The van der Waals surface area contributed by atoms with Crippen molar-refractivity contribution in [3.05, 3.63) is 47.1 Å². The van der Waals surface area contributed by atoms with Crippen molar-refractivity contribution >= 4 is 16.8 Å². The summed E-state index contributed by atoms with van der Waals surface area (Å²) in [5, 5.41) is 1.10. The number of allylic oxidation sites excluding steroid dienone is 3. The Labute approximate surface area is 114 Å². The quantitative estimate of drug-likeness (QED) is 0.675. The van der Waals surface area contributed by atoms with Crippen LogP contribution in [0.4, 0.5) is 0 Å². The van der Waals surface area contributed by atoms with Gasteiger partial charge < -0.3 is 0 Å². The zero-order valence-corrected chi connectivity index (χ0v) is 12.1. The van der Waals surface area contributed by atoms with Crippen molar-refractivity contribution in [3.8, 4) is 0 Å². The highest BCUT2D eigenvalue weighted by molar-refractivity contribution is 8.18. The lowest BCUT2D eigenvalue weighted by Gasteiger charge is -2.14. The maximum atomic E-state index is 4.44. The highest BCUT2D eigenvalue weighted by Crippen LogP contribution is 2.43. The minimum Gasteiger partial charge on any atom is -0.250 e. The predicted octanol–water partition coefficient (Wildman–Crippen LogP) is 5.24. The molecule has 0 unspecified atom stereocenters. The highest BCUT2D eigenvalue weighted by Gasteiger charge is 2.27. The zero-order valence-electron chi connectivity index (χ0n) is 11.3. The van der Waals surface area contributed by atoms with E-state index >= 15 is 0 Å². The van der Waals surface area contributed by atoms with E-state index in [4.69, 9.17) is 0 Å². The first kappa shape index (κ1) is 13.4. The van der Waals surface area contributed by atoms with Crippen molar-refractivity contribution in [1.82, 2.24) is 0 Å². The molecule has 2 heteroatoms. The molecule has 2 rings (SSSR count). The lowest BCUT2D eigenvalue weighted by atomic mass is 9.91. The van der Waals surface area contributed by atoms with E-state index in [1.54, 1.807) is 18.0 Å². The number of hydrogen-bond acceptors (Lipinski definition) is 2. The summed E-state index contributed by atoms with van der Waals surface area (Å²) in [6.07, 6.45) is 8.98. The van der Waals surface area contributed by atoms with E-state index in [0.717, 1.165) is 11.0 Å². The fourth-order valence-electron chi connectivity index (χ4n) is 2.91. The molecule has 0 amide bonds. The van der Waals surface area contributed by atoms with E-state index in [-0.39, 0.29) is 0 Å². The van der Waals surface area contributed by atoms with Crippen molar-refractivity contribution in [2.24, 2.45) is 10.9 Å². The molecule has 0 aromatic rings. The van der Waals surface area contributed by atoms with Gasteiger partial charge in [0.25, 0.3) is 0 Å². The third-order valence-corrected chi connectivity index (χ3v) is 5.12. The van der Waals surface area contributed by atoms with Crippen LogP contribution in [0.15, 0.2) is 52.1 Å². The molecule has 0 bridgehead atoms. The van der Waals surface area contributed by atoms with Gasteiger partial charge in [-0.25, -0.2) is 4.99 Å². The minimum absolute atomic E-state index is 0.745. The van der Waals surface area contributed by atoms with E-state index in [9.17, 15) is 0 Å². The highest BCUT2D eigenvalue weighted by atomic mass is 32.2. The van der Waals surface area contributed by atoms with E-state index in [1.807, 2.05) is 6.08 Å². The smallest absolute Gasteiger partial charge is 0.108 e. The monoisotopic (exact) mass is 259 g/mol. The molecule has 1 heterocycles. The van der Waals surface area contributed by atoms with Crippen molar-refractivity contribution in [2.45, 2.75) is 39.5 Å². The van der Waals surface area contributed by atoms with Crippen LogP contribution < -0.4 is 0 Å². The van der Waals surface area contributed by atoms with Crippen LogP contribution in [-0.4, -0.2) is 5.04 Å². The average molecular weight is 259 g/mol. The van der Waals surface area contributed by atoms with Crippen molar-refractivity contribution in [1.29, 1.82) is 0 Å². The van der Waals surface area contributed by atoms with Gasteiger partial charge in [-0.15, -0.1) is 0 Å². The molecular weight excluding hydrogens is 238 g/mol. The molecule has 0 spiro atoms. The number of aliphatic imine (C=N–C) groups is 1. The van der Waals surface area contributed by atoms with Gasteiger partial charge in [0.1, 0.15) is 5.04 Å². The lowest BCUT2D eigenvalue weighted by Crippen LogP contribution is -2.04. The Morgan fingerprint density at radius 1 is 1.33 bits per heavy atom. The number of thioether (sulfide) groups is 1. The van der Waals surface area contributed by atoms with Crippen LogP contribution in [0.1, 0.15) is 39.5 Å². The molecular formula is C16H21NS. The molecule has 0 aromatic carbocycles. The van der Waals surface area contributed by atoms with Crippen LogP contribution >= 0.6 is 11.8 Å². The van der Waals surface area contributed by atoms with Gasteiger partial charge in [0, 0.05) is 16.7 Å². The molecule has 96 valence electrons. The summed E-state index contributed by atoms with van der Waals surface area (Å²) in [4.78, 5) is 5.68. The molecule has 0 atom stereocenters. The van der Waals surface area contributed by atoms with E-state index in [1.165, 1.54) is 47.3 Å². The minimum atomic E-state index is 0.745. The van der Waals surface area contributed by atoms with Gasteiger partial charge in [0.05, 0.1) is 0 Å². The SMILES string of the molecule is C=C/N=C1/SC(C=C)=C(C)/C1=C(/C)C1CCCC1. The molecule has 0 saturated heterocycles. The first-order valence-corrected chi connectivity index (χ1v) is 7.42. The molecule has 18 heavy (non-hydrogen) atoms. The second kappa shape index (κ2) is 5.75. The van der Waals surface area contributed by atoms with Crippen LogP contribution in [-0.2, 0) is 0 Å². The predicted molar refractivity (Wildman–Crippen MR) is 82.8 cm³/mol. The van der Waals surface area contributed by atoms with Gasteiger partial charge in [-0.1, -0.05) is 49.4 Å². The maximum absolute atomic E-state index is 4.44. The summed E-state index contributed by atoms with van der Waals surface area (Å²) in [5.74, 6) is 0.745. The third kappa shape index (κ3) is 2.39. The standard InChI is InChI=1S/C16H21NS/c1-5-14-12(4)15(16(18-14)17-6-2)11(3)13-9-7-8-10-13/h5-6,13H,1-2,7-10H2,3-4H3/b15-11+,17-16+. The van der Waals surface area contributed by atoms with Crippen LogP contribution in [0.25, 0.3) is 0 Å². The molecule has 0 N–H and O–H groups in total. The second-order valence-electron chi connectivity index (χ2n) is 4.95. The third-order valence-electron chi connectivity index (χ3n) is 3.92. The summed E-state index contributed by atoms with van der Waals surface area (Å²) >= 11 is 1.72. The maximum Gasteiger partial charge on any atom is 0.108 e. The van der Waals surface area contributed by atoms with Crippen molar-refractivity contribution in [2.75, 3.05) is 0 Å². The average Bonchev–Trinajstić information content (AvgIpc) is 2.97. The summed E-state index contributed by atoms with van der Waals surface area (Å²) < 4.78 is 0. The Hall–Kier alpha value is -1.02. The summed E-state index contributed by atoms with van der Waals surface area (Å²) in [7, 11) is 0. The van der Waals surface area contributed by atoms with E-state index in [0.29, 0.717) is 0 Å². The molecule has 2 aliphatic rings. The molecule has 1 saturated carbocycles. The number of nitrogens with zero attached hydrogens (tertiary/aromatic N) is 1. The van der Waals surface area contributed by atoms with Crippen LogP contribution in [0, 0.1) is 5.92 Å². The number of hydrogen-bond donors (Lipinski definition) is 0. The van der Waals surface area contributed by atoms with E-state index < -0.39 is 0 Å². The summed E-state index contributed by atoms with van der Waals surface area (Å²) in [6, 6.07) is 0. The van der Waals surface area contributed by atoms with Gasteiger partial charge in [0.2, 0.25) is 0 Å². The van der Waals surface area contributed by atoms with Gasteiger partial charge in [-0.2, -0.15) is 0 Å². The largest absolute Gasteiger partial charge is 0.250 e. The second-order valence-corrected chi connectivity index (χ2v) is 5.98. The van der Waals surface area contributed by atoms with Gasteiger partial charge >= 0.3 is 0 Å². The van der Waals surface area contributed by atoms with Crippen LogP contribution in [0.5, 0.6) is 0 Å². The summed E-state index contributed by atoms with van der Waals surface area (Å²) in [6.45, 7) is 12.1. The first-order valence-electron chi connectivity index (χ1n) is 6.60. The molecule has 1 fully saturated rings. The molecule has 1 nitrogen and oxygen atoms in total. The Morgan fingerprint density at radius 2 is 2.00 bits per heavy atom. The van der Waals surface area contributed by atoms with Gasteiger partial charge in [0.15, 0.2) is 0 Å². The van der Waals surface area contributed by atoms with E-state index in [2.05, 4.69) is 32.0 Å². The van der Waals surface area contributed by atoms with Crippen LogP contribution in [0.3, 0.4) is 0 Å². The Balaban J connectivity index is 2.45. The lowest BCUT2D eigenvalue weighted by molar-refractivity contribution is 0.639. The van der Waals surface area contributed by atoms with Crippen molar-refractivity contribution < 1.29 is 0 Å². The fraction of sp³-hybridized carbons (Fsp3) is 0.438. The Bertz CT molecular complexity index is 459. The number of rotatable bonds is 3. The summed E-state index contributed by atoms with van der Waals surface area (Å²) in [5.41, 5.74) is 4.19. The molecule has 0 radical (unpaired) electrons. The first-order chi connectivity index (χ1) is 8.69. The zero-order chi connectivity index (χ0) is 13.1. The molecule has 1 aliphatic heterocycles. The Morgan fingerprint density at radius 3 is 2.56 bits per heavy atom. The Kier molecular flexibility index (Phi) is 4.28. The normalized spacial score (nSPS) is 26.0. The van der Waals surface area contributed by atoms with Gasteiger partial charge in [-0.05, 0) is 38.2 Å². The van der Waals surface area contributed by atoms with Gasteiger partial charge in [-0.3, -0.25) is 0 Å².